The molecule has 1 saturated heterocycles. The zero-order valence-electron chi connectivity index (χ0n) is 61.7. The summed E-state index contributed by atoms with van der Waals surface area (Å²) in [6.45, 7) is 13.7. The lowest BCUT2D eigenvalue weighted by Gasteiger charge is -2.36. The number of aromatic hydroxyl groups is 1. The molecule has 7 unspecified atom stereocenters. The highest BCUT2D eigenvalue weighted by Crippen LogP contribution is 2.27. The molecule has 0 spiro atoms. The third kappa shape index (κ3) is 28.8. The van der Waals surface area contributed by atoms with Crippen LogP contribution in [0.3, 0.4) is 0 Å². The van der Waals surface area contributed by atoms with Gasteiger partial charge in [-0.15, -0.1) is 0 Å². The molecule has 1 aromatic rings. The van der Waals surface area contributed by atoms with Gasteiger partial charge < -0.3 is 116 Å². The fraction of sp³-hybridized carbons (Fsp3) is 0.652. The van der Waals surface area contributed by atoms with Gasteiger partial charge in [0.25, 0.3) is 0 Å². The SMILES string of the molecule is COOCC1NC(=O)[C@@H](NC(=O)[C@@H](NC(=O)[C@@H](NC(=O)[C@@H](NC(=O)[C@@H](NC(=O)CC(O)/C=C\C(C)CC(C)C)C(O)C(N)=O)[C@@H](C)O)[C@](C)(N)O)C(C)C(C)C(N)=O)[C@@H](C)OC(=O)[C@H](C)N(C)C(=O)[C@H](C(OC)c2ccc(O)cc2)NC(=O)[C@H](CCC(N)=O)N(C)C(=O)[C@H](CC(C)C)NC(=O)CNC1=O. The fourth-order valence-electron chi connectivity index (χ4n) is 10.9. The number of primary amides is 3. The number of likely N-dealkylation sites (N-methyl/N-ethyl adjacent to an activating group) is 2. The topological polar surface area (TPSA) is 613 Å². The summed E-state index contributed by atoms with van der Waals surface area (Å²) in [4.78, 5) is 221. The van der Waals surface area contributed by atoms with Gasteiger partial charge >= 0.3 is 5.97 Å². The van der Waals surface area contributed by atoms with E-state index in [1.165, 1.54) is 51.2 Å². The Labute approximate surface area is 607 Å². The molecular weight excluding hydrogens is 1390 g/mol. The van der Waals surface area contributed by atoms with E-state index in [0.717, 1.165) is 65.2 Å². The maximum atomic E-state index is 15.1. The number of aliphatic hydroxyl groups is 4. The molecule has 1 aliphatic rings. The second-order valence-electron chi connectivity index (χ2n) is 27.0. The number of phenolic OH excluding ortho intramolecular Hbond substituents is 1. The lowest BCUT2D eigenvalue weighted by molar-refractivity contribution is -0.274. The van der Waals surface area contributed by atoms with Crippen LogP contribution in [-0.4, -0.2) is 256 Å². The summed E-state index contributed by atoms with van der Waals surface area (Å²) in [6.07, 6.45) is -7.40. The number of hydrogen-bond donors (Lipinski definition) is 18. The van der Waals surface area contributed by atoms with Crippen LogP contribution in [-0.2, 0) is 91.2 Å². The molecule has 39 heteroatoms. The van der Waals surface area contributed by atoms with E-state index in [-0.39, 0.29) is 29.6 Å². The van der Waals surface area contributed by atoms with Crippen LogP contribution in [0.25, 0.3) is 0 Å². The Kier molecular flexibility index (Phi) is 37.0. The summed E-state index contributed by atoms with van der Waals surface area (Å²) in [5.41, 5.74) is 19.8. The molecule has 1 fully saturated rings. The number of carbonyl (C=O) groups is 15. The summed E-state index contributed by atoms with van der Waals surface area (Å²) >= 11 is 0. The number of esters is 1. The number of aliphatic hydroxyl groups excluding tert-OH is 3. The summed E-state index contributed by atoms with van der Waals surface area (Å²) in [7, 11) is 4.45. The number of benzene rings is 1. The van der Waals surface area contributed by atoms with Crippen LogP contribution in [0.5, 0.6) is 5.75 Å². The van der Waals surface area contributed by atoms with Gasteiger partial charge in [0.1, 0.15) is 90.7 Å². The molecule has 14 amide bonds. The number of methoxy groups -OCH3 is 1. The van der Waals surface area contributed by atoms with E-state index in [0.29, 0.717) is 5.92 Å². The molecule has 19 atom stereocenters. The first-order valence-corrected chi connectivity index (χ1v) is 33.7. The van der Waals surface area contributed by atoms with Crippen LogP contribution in [0.4, 0.5) is 0 Å². The van der Waals surface area contributed by atoms with Gasteiger partial charge in [-0.05, 0) is 88.3 Å². The normalized spacial score (nSPS) is 23.0. The zero-order valence-corrected chi connectivity index (χ0v) is 61.7. The molecule has 39 nitrogen and oxygen atoms in total. The number of carbonyl (C=O) groups excluding carboxylic acids is 15. The molecule has 0 saturated carbocycles. The highest BCUT2D eigenvalue weighted by molar-refractivity contribution is 6.01. The van der Waals surface area contributed by atoms with Crippen LogP contribution >= 0.6 is 0 Å². The Morgan fingerprint density at radius 1 is 0.714 bits per heavy atom. The molecule has 590 valence electrons. The van der Waals surface area contributed by atoms with Crippen molar-refractivity contribution in [1.82, 2.24) is 57.7 Å². The average Bonchev–Trinajstić information content (AvgIpc) is 0.819. The summed E-state index contributed by atoms with van der Waals surface area (Å²) in [5, 5.41) is 73.9. The molecule has 105 heavy (non-hydrogen) atoms. The lowest BCUT2D eigenvalue weighted by Crippen LogP contribution is -2.69. The van der Waals surface area contributed by atoms with E-state index >= 15 is 9.59 Å². The summed E-state index contributed by atoms with van der Waals surface area (Å²) in [6, 6.07) is -14.9. The molecular formula is C66H107N15O24. The standard InChI is InChI=1S/C66H107N15O24/c1-29(2)24-31(5)16-19-39(84)26-44(86)74-49(51(88)55(69)90)61(96)76-47(35(9)82)59(94)79-53(66(11,70)101)62(97)75-46(32(6)33(7)54(68)89)58(93)77-48-36(10)105-65(100)34(8)80(12)64(99)50(52(102-14)37-17-20-38(83)21-18-37)78-57(92)42(22-23-43(67)85)81(13)63(98)40(25-30(3)4)72-45(87)27-71-56(91)41(28-104-103-15)73-60(48)95/h16-21,29-36,39-42,46-53,82-84,88,101H,22-28,70H2,1-15H3,(H2,67,85)(H2,68,89)(H2,69,90)(H,71,91)(H,72,87)(H,73,95)(H,74,86)(H,75,97)(H,76,96)(H,77,93)(H,78,92)(H,79,94)/b19-16-/t31?,32?,33?,34-,35+,36+,39?,40-,41?,42-,46-,47-,48-,49-,50-,51?,52?,53+,66+/m0/s1. The first kappa shape index (κ1) is 91.6. The number of nitrogens with two attached hydrogens (primary N) is 4. The van der Waals surface area contributed by atoms with Crippen LogP contribution in [0.2, 0.25) is 0 Å². The van der Waals surface area contributed by atoms with Crippen molar-refractivity contribution in [3.05, 3.63) is 42.0 Å². The van der Waals surface area contributed by atoms with Crippen LogP contribution in [0.1, 0.15) is 120 Å². The number of ether oxygens (including phenoxy) is 2. The van der Waals surface area contributed by atoms with E-state index in [1.807, 2.05) is 36.7 Å². The molecule has 0 aromatic heterocycles. The molecule has 1 aromatic carbocycles. The second-order valence-corrected chi connectivity index (χ2v) is 27.0. The Morgan fingerprint density at radius 2 is 1.30 bits per heavy atom. The number of hydrogen-bond acceptors (Lipinski definition) is 25. The van der Waals surface area contributed by atoms with Crippen molar-refractivity contribution in [3.8, 4) is 5.75 Å². The van der Waals surface area contributed by atoms with E-state index in [9.17, 15) is 87.9 Å². The smallest absolute Gasteiger partial charge is 0.328 e. The summed E-state index contributed by atoms with van der Waals surface area (Å²) < 4.78 is 11.6. The minimum Gasteiger partial charge on any atom is -0.508 e. The average molecular weight is 1490 g/mol. The van der Waals surface area contributed by atoms with Crippen LogP contribution in [0.15, 0.2) is 36.4 Å². The van der Waals surface area contributed by atoms with Crippen LogP contribution < -0.4 is 70.8 Å². The Bertz CT molecular complexity index is 3240. The lowest BCUT2D eigenvalue weighted by atomic mass is 9.87. The zero-order chi connectivity index (χ0) is 80.4. The number of allylic oxidation sites excluding steroid dienone is 1. The first-order valence-electron chi connectivity index (χ1n) is 33.7. The van der Waals surface area contributed by atoms with Crippen LogP contribution in [0, 0.1) is 29.6 Å². The molecule has 1 aliphatic heterocycles. The summed E-state index contributed by atoms with van der Waals surface area (Å²) in [5.74, 6) is -22.1. The van der Waals surface area contributed by atoms with Gasteiger partial charge in [0.15, 0.2) is 6.10 Å². The van der Waals surface area contributed by atoms with E-state index in [1.54, 1.807) is 19.9 Å². The van der Waals surface area contributed by atoms with Gasteiger partial charge in [-0.25, -0.2) is 14.6 Å². The highest BCUT2D eigenvalue weighted by atomic mass is 17.2. The van der Waals surface area contributed by atoms with E-state index in [2.05, 4.69) is 31.9 Å². The fourth-order valence-corrected chi connectivity index (χ4v) is 10.9. The van der Waals surface area contributed by atoms with Crippen molar-refractivity contribution in [2.75, 3.05) is 41.5 Å². The molecule has 1 heterocycles. The number of phenols is 1. The second kappa shape index (κ2) is 42.4. The first-order chi connectivity index (χ1) is 48.7. The van der Waals surface area contributed by atoms with Crippen molar-refractivity contribution >= 4 is 88.7 Å². The van der Waals surface area contributed by atoms with Gasteiger partial charge in [0.2, 0.25) is 82.7 Å². The minimum atomic E-state index is -2.90. The predicted octanol–water partition coefficient (Wildman–Crippen LogP) is -6.78. The predicted molar refractivity (Wildman–Crippen MR) is 369 cm³/mol. The quantitative estimate of drug-likeness (QED) is 0.0102. The monoisotopic (exact) mass is 1490 g/mol. The minimum absolute atomic E-state index is 0.0167. The van der Waals surface area contributed by atoms with Gasteiger partial charge in [-0.1, -0.05) is 72.8 Å². The number of nitrogens with zero attached hydrogens (tertiary/aromatic N) is 2. The number of rotatable bonds is 33. The van der Waals surface area contributed by atoms with Gasteiger partial charge in [0.05, 0.1) is 32.3 Å². The van der Waals surface area contributed by atoms with Crippen molar-refractivity contribution in [2.24, 2.45) is 52.5 Å². The van der Waals surface area contributed by atoms with Crippen molar-refractivity contribution in [3.63, 3.8) is 0 Å². The maximum Gasteiger partial charge on any atom is 0.328 e. The van der Waals surface area contributed by atoms with E-state index < -0.39 is 230 Å². The number of cyclic esters (lactones) is 1. The van der Waals surface area contributed by atoms with Crippen molar-refractivity contribution in [2.45, 2.75) is 205 Å². The largest absolute Gasteiger partial charge is 0.508 e. The molecule has 0 radical (unpaired) electrons. The van der Waals surface area contributed by atoms with E-state index in [4.69, 9.17) is 42.2 Å². The molecule has 2 rings (SSSR count). The molecule has 0 bridgehead atoms. The Morgan fingerprint density at radius 3 is 1.83 bits per heavy atom. The third-order valence-electron chi connectivity index (χ3n) is 17.1. The molecule has 0 aliphatic carbocycles. The van der Waals surface area contributed by atoms with Gasteiger partial charge in [-0.2, -0.15) is 0 Å². The van der Waals surface area contributed by atoms with Crippen molar-refractivity contribution in [1.29, 1.82) is 0 Å². The van der Waals surface area contributed by atoms with Crippen molar-refractivity contribution < 1.29 is 117 Å². The Hall–Kier alpha value is -9.51. The Balaban J connectivity index is 2.91. The maximum absolute atomic E-state index is 15.1. The molecule has 22 N–H and O–H groups in total. The third-order valence-corrected chi connectivity index (χ3v) is 17.1. The van der Waals surface area contributed by atoms with Gasteiger partial charge in [-0.3, -0.25) is 67.1 Å². The van der Waals surface area contributed by atoms with Gasteiger partial charge in [0, 0.05) is 33.5 Å². The highest BCUT2D eigenvalue weighted by Gasteiger charge is 2.46. The number of nitrogens with one attached hydrogen (secondary N) is 9. The number of amides is 14.